The van der Waals surface area contributed by atoms with Gasteiger partial charge in [-0.25, -0.2) is 0 Å². The maximum atomic E-state index is 11.6. The zero-order chi connectivity index (χ0) is 14.8. The first-order valence-corrected chi connectivity index (χ1v) is 8.25. The number of hydrogen-bond acceptors (Lipinski definition) is 1. The van der Waals surface area contributed by atoms with Crippen LogP contribution in [0.5, 0.6) is 0 Å². The van der Waals surface area contributed by atoms with Crippen molar-refractivity contribution in [3.05, 3.63) is 64.2 Å². The fourth-order valence-corrected chi connectivity index (χ4v) is 3.67. The van der Waals surface area contributed by atoms with Gasteiger partial charge < -0.3 is 5.32 Å². The Bertz CT molecular complexity index is 686. The number of aryl methyl sites for hydroxylation is 1. The van der Waals surface area contributed by atoms with E-state index in [1.807, 2.05) is 36.4 Å². The Morgan fingerprint density at radius 1 is 1.14 bits per heavy atom. The molecule has 0 spiro atoms. The van der Waals surface area contributed by atoms with Gasteiger partial charge in [0.15, 0.2) is 0 Å². The van der Waals surface area contributed by atoms with Gasteiger partial charge >= 0.3 is 0 Å². The van der Waals surface area contributed by atoms with E-state index in [4.69, 9.17) is 11.6 Å². The molecular formula is C17H15BrClNO. The highest BCUT2D eigenvalue weighted by atomic mass is 79.9. The van der Waals surface area contributed by atoms with Crippen LogP contribution in [0.3, 0.4) is 0 Å². The van der Waals surface area contributed by atoms with Crippen LogP contribution in [0.15, 0.2) is 42.5 Å². The number of benzene rings is 2. The SMILES string of the molecule is O=C1CCCc2cc(C(Br)c3ccccc3Cl)ccc2N1. The van der Waals surface area contributed by atoms with E-state index in [0.717, 1.165) is 34.7 Å². The number of carbonyl (C=O) groups excluding carboxylic acids is 1. The van der Waals surface area contributed by atoms with Gasteiger partial charge in [0.25, 0.3) is 0 Å². The summed E-state index contributed by atoms with van der Waals surface area (Å²) < 4.78 is 0. The molecule has 0 aliphatic carbocycles. The molecule has 108 valence electrons. The zero-order valence-corrected chi connectivity index (χ0v) is 13.7. The second-order valence-electron chi connectivity index (χ2n) is 5.20. The van der Waals surface area contributed by atoms with Gasteiger partial charge in [-0.2, -0.15) is 0 Å². The minimum absolute atomic E-state index is 0.0513. The number of halogens is 2. The predicted molar refractivity (Wildman–Crippen MR) is 90.2 cm³/mol. The Kier molecular flexibility index (Phi) is 4.32. The molecule has 1 aliphatic rings. The van der Waals surface area contributed by atoms with Gasteiger partial charge in [-0.3, -0.25) is 4.79 Å². The molecule has 2 aromatic rings. The van der Waals surface area contributed by atoms with Gasteiger partial charge in [-0.05, 0) is 41.7 Å². The molecule has 3 rings (SSSR count). The van der Waals surface area contributed by atoms with Crippen LogP contribution in [-0.4, -0.2) is 5.91 Å². The molecule has 1 heterocycles. The Labute approximate surface area is 137 Å². The van der Waals surface area contributed by atoms with Gasteiger partial charge in [0.05, 0.1) is 4.83 Å². The lowest BCUT2D eigenvalue weighted by atomic mass is 9.99. The van der Waals surface area contributed by atoms with Crippen LogP contribution in [0.4, 0.5) is 5.69 Å². The lowest BCUT2D eigenvalue weighted by Crippen LogP contribution is -2.09. The van der Waals surface area contributed by atoms with Crippen LogP contribution in [0.2, 0.25) is 5.02 Å². The van der Waals surface area contributed by atoms with E-state index >= 15 is 0 Å². The summed E-state index contributed by atoms with van der Waals surface area (Å²) in [6, 6.07) is 14.0. The summed E-state index contributed by atoms with van der Waals surface area (Å²) in [4.78, 5) is 11.6. The minimum atomic E-state index is 0.0513. The summed E-state index contributed by atoms with van der Waals surface area (Å²) in [5.74, 6) is 0.1000. The summed E-state index contributed by atoms with van der Waals surface area (Å²) in [5.41, 5.74) is 4.32. The van der Waals surface area contributed by atoms with Crippen LogP contribution in [0.25, 0.3) is 0 Å². The Hall–Kier alpha value is -1.32. The van der Waals surface area contributed by atoms with Gasteiger partial charge in [0.1, 0.15) is 0 Å². The summed E-state index contributed by atoms with van der Waals surface area (Å²) in [7, 11) is 0. The molecule has 4 heteroatoms. The van der Waals surface area contributed by atoms with Crippen LogP contribution < -0.4 is 5.32 Å². The molecule has 1 aliphatic heterocycles. The van der Waals surface area contributed by atoms with Crippen molar-refractivity contribution in [3.8, 4) is 0 Å². The molecule has 0 aromatic heterocycles. The smallest absolute Gasteiger partial charge is 0.224 e. The average molecular weight is 365 g/mol. The molecule has 2 nitrogen and oxygen atoms in total. The van der Waals surface area contributed by atoms with E-state index in [9.17, 15) is 4.79 Å². The van der Waals surface area contributed by atoms with E-state index in [2.05, 4.69) is 27.3 Å². The van der Waals surface area contributed by atoms with Crippen LogP contribution >= 0.6 is 27.5 Å². The molecule has 1 unspecified atom stereocenters. The van der Waals surface area contributed by atoms with E-state index in [-0.39, 0.29) is 10.7 Å². The lowest BCUT2D eigenvalue weighted by Gasteiger charge is -2.15. The fourth-order valence-electron chi connectivity index (χ4n) is 2.61. The van der Waals surface area contributed by atoms with E-state index in [1.165, 1.54) is 5.56 Å². The van der Waals surface area contributed by atoms with Crippen LogP contribution in [0.1, 0.15) is 34.4 Å². The topological polar surface area (TPSA) is 29.1 Å². The molecule has 1 amide bonds. The first-order chi connectivity index (χ1) is 10.1. The van der Waals surface area contributed by atoms with Gasteiger partial charge in [-0.15, -0.1) is 0 Å². The molecule has 2 aromatic carbocycles. The summed E-state index contributed by atoms with van der Waals surface area (Å²) >= 11 is 10.0. The second-order valence-corrected chi connectivity index (χ2v) is 6.53. The van der Waals surface area contributed by atoms with Crippen molar-refractivity contribution in [1.82, 2.24) is 0 Å². The Morgan fingerprint density at radius 3 is 2.76 bits per heavy atom. The molecule has 0 saturated carbocycles. The van der Waals surface area contributed by atoms with E-state index < -0.39 is 0 Å². The lowest BCUT2D eigenvalue weighted by molar-refractivity contribution is -0.116. The molecule has 0 saturated heterocycles. The minimum Gasteiger partial charge on any atom is -0.326 e. The molecule has 0 fully saturated rings. The summed E-state index contributed by atoms with van der Waals surface area (Å²) in [6.45, 7) is 0. The second kappa shape index (κ2) is 6.20. The third-order valence-electron chi connectivity index (χ3n) is 3.72. The number of alkyl halides is 1. The maximum Gasteiger partial charge on any atom is 0.224 e. The quantitative estimate of drug-likeness (QED) is 0.738. The Balaban J connectivity index is 1.95. The number of amides is 1. The zero-order valence-electron chi connectivity index (χ0n) is 11.4. The fraction of sp³-hybridized carbons (Fsp3) is 0.235. The van der Waals surface area contributed by atoms with Crippen LogP contribution in [-0.2, 0) is 11.2 Å². The molecular weight excluding hydrogens is 350 g/mol. The largest absolute Gasteiger partial charge is 0.326 e. The number of carbonyl (C=O) groups is 1. The van der Waals surface area contributed by atoms with Crippen molar-refractivity contribution in [2.24, 2.45) is 0 Å². The maximum absolute atomic E-state index is 11.6. The number of anilines is 1. The summed E-state index contributed by atoms with van der Waals surface area (Å²) in [5, 5.41) is 3.71. The van der Waals surface area contributed by atoms with E-state index in [1.54, 1.807) is 0 Å². The van der Waals surface area contributed by atoms with Gasteiger partial charge in [0.2, 0.25) is 5.91 Å². The van der Waals surface area contributed by atoms with Gasteiger partial charge in [-0.1, -0.05) is 57.9 Å². The number of rotatable bonds is 2. The number of nitrogens with one attached hydrogen (secondary N) is 1. The first kappa shape index (κ1) is 14.6. The molecule has 1 N–H and O–H groups in total. The molecule has 0 radical (unpaired) electrons. The first-order valence-electron chi connectivity index (χ1n) is 6.96. The van der Waals surface area contributed by atoms with E-state index in [0.29, 0.717) is 6.42 Å². The Morgan fingerprint density at radius 2 is 1.95 bits per heavy atom. The third-order valence-corrected chi connectivity index (χ3v) is 5.09. The third kappa shape index (κ3) is 3.14. The van der Waals surface area contributed by atoms with Crippen molar-refractivity contribution in [3.63, 3.8) is 0 Å². The van der Waals surface area contributed by atoms with Crippen molar-refractivity contribution >= 4 is 39.1 Å². The van der Waals surface area contributed by atoms with Gasteiger partial charge in [0, 0.05) is 17.1 Å². The monoisotopic (exact) mass is 363 g/mol. The van der Waals surface area contributed by atoms with Crippen molar-refractivity contribution in [2.75, 3.05) is 5.32 Å². The highest BCUT2D eigenvalue weighted by molar-refractivity contribution is 9.09. The normalized spacial score (nSPS) is 15.8. The molecule has 21 heavy (non-hydrogen) atoms. The highest BCUT2D eigenvalue weighted by Gasteiger charge is 2.17. The highest BCUT2D eigenvalue weighted by Crippen LogP contribution is 2.37. The molecule has 1 atom stereocenters. The van der Waals surface area contributed by atoms with Crippen LogP contribution in [0, 0.1) is 0 Å². The van der Waals surface area contributed by atoms with Crippen molar-refractivity contribution < 1.29 is 4.79 Å². The standard InChI is InChI=1S/C17H15BrClNO/c18-17(13-5-1-2-6-14(13)19)12-8-9-15-11(10-12)4-3-7-16(21)20-15/h1-2,5-6,8-10,17H,3-4,7H2,(H,20,21). The van der Waals surface area contributed by atoms with Crippen molar-refractivity contribution in [1.29, 1.82) is 0 Å². The average Bonchev–Trinajstić information content (AvgIpc) is 2.67. The molecule has 0 bridgehead atoms. The summed E-state index contributed by atoms with van der Waals surface area (Å²) in [6.07, 6.45) is 2.40. The number of hydrogen-bond donors (Lipinski definition) is 1. The predicted octanol–water partition coefficient (Wildman–Crippen LogP) is 5.10. The van der Waals surface area contributed by atoms with Crippen molar-refractivity contribution in [2.45, 2.75) is 24.1 Å². The number of fused-ring (bicyclic) bond motifs is 1.